The van der Waals surface area contributed by atoms with Crippen LogP contribution in [0.2, 0.25) is 0 Å². The monoisotopic (exact) mass is 348 g/mol. The molecule has 0 spiro atoms. The first kappa shape index (κ1) is 15.6. The van der Waals surface area contributed by atoms with E-state index in [-0.39, 0.29) is 12.1 Å². The number of nitrogens with zero attached hydrogens (tertiary/aromatic N) is 4. The maximum Gasteiger partial charge on any atom is 0.243 e. The van der Waals surface area contributed by atoms with Crippen LogP contribution in [-0.4, -0.2) is 46.7 Å². The lowest BCUT2D eigenvalue weighted by atomic mass is 10.1. The van der Waals surface area contributed by atoms with E-state index in [1.165, 1.54) is 0 Å². The second-order valence-electron chi connectivity index (χ2n) is 6.37. The van der Waals surface area contributed by atoms with Crippen molar-refractivity contribution in [2.45, 2.75) is 49.7 Å². The first-order valence-corrected chi connectivity index (χ1v) is 9.51. The number of hydrogen-bond donors (Lipinski definition) is 0. The molecule has 0 N–H and O–H groups in total. The summed E-state index contributed by atoms with van der Waals surface area (Å²) in [5.41, 5.74) is 0. The van der Waals surface area contributed by atoms with Crippen LogP contribution >= 0.6 is 0 Å². The Kier molecular flexibility index (Phi) is 3.61. The minimum Gasteiger partial charge on any atom is -0.497 e. The first-order valence-electron chi connectivity index (χ1n) is 8.07. The van der Waals surface area contributed by atoms with Gasteiger partial charge >= 0.3 is 0 Å². The molecule has 24 heavy (non-hydrogen) atoms. The lowest BCUT2D eigenvalue weighted by Gasteiger charge is -2.27. The van der Waals surface area contributed by atoms with Gasteiger partial charge in [0, 0.05) is 25.0 Å². The highest BCUT2D eigenvalue weighted by Crippen LogP contribution is 2.36. The van der Waals surface area contributed by atoms with Crippen LogP contribution in [-0.2, 0) is 23.0 Å². The van der Waals surface area contributed by atoms with Crippen molar-refractivity contribution < 1.29 is 13.2 Å². The average Bonchev–Trinajstić information content (AvgIpc) is 3.07. The van der Waals surface area contributed by atoms with Crippen molar-refractivity contribution in [3.63, 3.8) is 0 Å². The van der Waals surface area contributed by atoms with Crippen molar-refractivity contribution in [2.24, 2.45) is 0 Å². The Morgan fingerprint density at radius 2 is 1.83 bits per heavy atom. The summed E-state index contributed by atoms with van der Waals surface area (Å²) < 4.78 is 35.3. The maximum absolute atomic E-state index is 13.2. The normalized spacial score (nSPS) is 23.8. The highest BCUT2D eigenvalue weighted by Gasteiger charge is 2.45. The molecule has 0 unspecified atom stereocenters. The molecular formula is C16H20N4O3S. The Morgan fingerprint density at radius 3 is 2.54 bits per heavy atom. The number of hydrogen-bond acceptors (Lipinski definition) is 5. The zero-order chi connectivity index (χ0) is 16.9. The third kappa shape index (κ3) is 2.32. The predicted molar refractivity (Wildman–Crippen MR) is 87.3 cm³/mol. The molecule has 2 aliphatic heterocycles. The summed E-state index contributed by atoms with van der Waals surface area (Å²) in [6, 6.07) is 6.51. The van der Waals surface area contributed by atoms with Gasteiger partial charge in [-0.25, -0.2) is 8.42 Å². The van der Waals surface area contributed by atoms with E-state index < -0.39 is 10.0 Å². The molecule has 1 fully saturated rings. The van der Waals surface area contributed by atoms with Crippen molar-refractivity contribution in [2.75, 3.05) is 7.11 Å². The molecule has 2 aliphatic rings. The fourth-order valence-corrected chi connectivity index (χ4v) is 5.66. The van der Waals surface area contributed by atoms with Crippen LogP contribution in [0.1, 0.15) is 24.5 Å². The molecule has 128 valence electrons. The Hall–Kier alpha value is -1.93. The van der Waals surface area contributed by atoms with Crippen molar-refractivity contribution in [3.8, 4) is 5.75 Å². The number of rotatable bonds is 3. The molecule has 1 saturated heterocycles. The molecule has 0 aliphatic carbocycles. The van der Waals surface area contributed by atoms with Crippen molar-refractivity contribution >= 4 is 10.0 Å². The van der Waals surface area contributed by atoms with Gasteiger partial charge in [0.2, 0.25) is 10.0 Å². The molecule has 7 nitrogen and oxygen atoms in total. The van der Waals surface area contributed by atoms with Crippen LogP contribution in [0.25, 0.3) is 0 Å². The third-order valence-corrected chi connectivity index (χ3v) is 7.03. The lowest BCUT2D eigenvalue weighted by Crippen LogP contribution is -2.42. The number of ether oxygens (including phenoxy) is 1. The summed E-state index contributed by atoms with van der Waals surface area (Å²) >= 11 is 0. The molecule has 0 saturated carbocycles. The molecular weight excluding hydrogens is 328 g/mol. The van der Waals surface area contributed by atoms with E-state index in [0.717, 1.165) is 24.5 Å². The SMILES string of the molecule is COc1ccc(S(=O)(=O)N2[C@@H]3CC[C@H]2Cc2nnc(C)n2C3)cc1. The zero-order valence-electron chi connectivity index (χ0n) is 13.7. The lowest BCUT2D eigenvalue weighted by molar-refractivity contribution is 0.314. The molecule has 2 aromatic rings. The van der Waals surface area contributed by atoms with E-state index in [0.29, 0.717) is 23.6 Å². The summed E-state index contributed by atoms with van der Waals surface area (Å²) in [6.45, 7) is 2.54. The van der Waals surface area contributed by atoms with Gasteiger partial charge in [-0.1, -0.05) is 0 Å². The van der Waals surface area contributed by atoms with Crippen LogP contribution in [0.3, 0.4) is 0 Å². The van der Waals surface area contributed by atoms with Crippen molar-refractivity contribution in [1.82, 2.24) is 19.1 Å². The van der Waals surface area contributed by atoms with Crippen LogP contribution in [0.15, 0.2) is 29.2 Å². The van der Waals surface area contributed by atoms with Crippen LogP contribution in [0.4, 0.5) is 0 Å². The van der Waals surface area contributed by atoms with Gasteiger partial charge in [0.15, 0.2) is 0 Å². The molecule has 2 bridgehead atoms. The summed E-state index contributed by atoms with van der Waals surface area (Å²) in [5.74, 6) is 2.38. The van der Waals surface area contributed by atoms with Crippen LogP contribution in [0.5, 0.6) is 5.75 Å². The van der Waals surface area contributed by atoms with Crippen LogP contribution < -0.4 is 4.74 Å². The first-order chi connectivity index (χ1) is 11.5. The molecule has 2 atom stereocenters. The topological polar surface area (TPSA) is 77.3 Å². The Balaban J connectivity index is 1.71. The fourth-order valence-electron chi connectivity index (χ4n) is 3.80. The second-order valence-corrected chi connectivity index (χ2v) is 8.22. The van der Waals surface area contributed by atoms with Crippen LogP contribution in [0, 0.1) is 6.92 Å². The Morgan fingerprint density at radius 1 is 1.12 bits per heavy atom. The number of methoxy groups -OCH3 is 1. The minimum absolute atomic E-state index is 0.0435. The Bertz CT molecular complexity index is 860. The van der Waals surface area contributed by atoms with E-state index in [1.54, 1.807) is 35.7 Å². The molecule has 0 amide bonds. The van der Waals surface area contributed by atoms with Crippen molar-refractivity contribution in [3.05, 3.63) is 35.9 Å². The standard InChI is InChI=1S/C16H20N4O3S/c1-11-17-18-16-9-12-3-4-13(10-19(11)16)20(12)24(21,22)15-7-5-14(23-2)6-8-15/h5-8,12-13H,3-4,9-10H2,1-2H3/t12-,13+/m0/s1. The summed E-state index contributed by atoms with van der Waals surface area (Å²) in [7, 11) is -1.97. The molecule has 1 aromatic carbocycles. The van der Waals surface area contributed by atoms with Gasteiger partial charge in [-0.05, 0) is 44.0 Å². The molecule has 8 heteroatoms. The van der Waals surface area contributed by atoms with Crippen molar-refractivity contribution in [1.29, 1.82) is 0 Å². The van der Waals surface area contributed by atoms with E-state index >= 15 is 0 Å². The number of aromatic nitrogens is 3. The van der Waals surface area contributed by atoms with Gasteiger partial charge in [0.25, 0.3) is 0 Å². The summed E-state index contributed by atoms with van der Waals surface area (Å²) in [4.78, 5) is 0.314. The molecule has 0 radical (unpaired) electrons. The second kappa shape index (κ2) is 5.56. The average molecular weight is 348 g/mol. The smallest absolute Gasteiger partial charge is 0.243 e. The number of benzene rings is 1. The molecule has 1 aromatic heterocycles. The quantitative estimate of drug-likeness (QED) is 0.837. The number of aryl methyl sites for hydroxylation is 1. The Labute approximate surface area is 141 Å². The highest BCUT2D eigenvalue weighted by atomic mass is 32.2. The van der Waals surface area contributed by atoms with Gasteiger partial charge in [-0.15, -0.1) is 10.2 Å². The van der Waals surface area contributed by atoms with E-state index in [2.05, 4.69) is 14.8 Å². The van der Waals surface area contributed by atoms with Gasteiger partial charge in [-0.2, -0.15) is 4.31 Å². The fraction of sp³-hybridized carbons (Fsp3) is 0.500. The van der Waals surface area contributed by atoms with E-state index in [4.69, 9.17) is 4.74 Å². The van der Waals surface area contributed by atoms with Gasteiger partial charge in [-0.3, -0.25) is 0 Å². The van der Waals surface area contributed by atoms with Gasteiger partial charge in [0.1, 0.15) is 17.4 Å². The largest absolute Gasteiger partial charge is 0.497 e. The summed E-state index contributed by atoms with van der Waals surface area (Å²) in [5, 5.41) is 8.35. The maximum atomic E-state index is 13.2. The molecule has 3 heterocycles. The molecule has 4 rings (SSSR count). The number of sulfonamides is 1. The third-order valence-electron chi connectivity index (χ3n) is 5.01. The highest BCUT2D eigenvalue weighted by molar-refractivity contribution is 7.89. The number of fused-ring (bicyclic) bond motifs is 3. The predicted octanol–water partition coefficient (Wildman–Crippen LogP) is 1.37. The van der Waals surface area contributed by atoms with Gasteiger partial charge < -0.3 is 9.30 Å². The van der Waals surface area contributed by atoms with E-state index in [9.17, 15) is 8.42 Å². The zero-order valence-corrected chi connectivity index (χ0v) is 14.5. The minimum atomic E-state index is -3.54. The summed E-state index contributed by atoms with van der Waals surface area (Å²) in [6.07, 6.45) is 2.36. The van der Waals surface area contributed by atoms with Gasteiger partial charge in [0.05, 0.1) is 12.0 Å². The van der Waals surface area contributed by atoms with E-state index in [1.807, 2.05) is 6.92 Å².